The third-order valence-electron chi connectivity index (χ3n) is 3.46. The second-order valence-electron chi connectivity index (χ2n) is 5.53. The Hall–Kier alpha value is -0.640. The summed E-state index contributed by atoms with van der Waals surface area (Å²) in [6, 6.07) is 6.24. The van der Waals surface area contributed by atoms with Crippen LogP contribution in [0, 0.1) is 5.82 Å². The van der Waals surface area contributed by atoms with E-state index in [1.165, 1.54) is 12.1 Å². The highest BCUT2D eigenvalue weighted by Gasteiger charge is 2.31. The molecule has 1 fully saturated rings. The summed E-state index contributed by atoms with van der Waals surface area (Å²) in [5.41, 5.74) is 0.706. The number of aliphatic hydroxyl groups is 1. The average molecular weight is 274 g/mol. The van der Waals surface area contributed by atoms with Gasteiger partial charge in [0.2, 0.25) is 0 Å². The Bertz CT molecular complexity index is 397. The Balaban J connectivity index is 0.00000162. The van der Waals surface area contributed by atoms with E-state index in [0.29, 0.717) is 5.56 Å². The molecule has 1 aromatic rings. The zero-order valence-electron chi connectivity index (χ0n) is 10.8. The zero-order chi connectivity index (χ0) is 12.5. The lowest BCUT2D eigenvalue weighted by Gasteiger charge is -2.39. The van der Waals surface area contributed by atoms with Gasteiger partial charge in [-0.05, 0) is 50.8 Å². The Kier molecular flexibility index (Phi) is 5.14. The third kappa shape index (κ3) is 3.67. The molecule has 0 aromatic heterocycles. The molecule has 2 rings (SSSR count). The maximum Gasteiger partial charge on any atom is 0.123 e. The van der Waals surface area contributed by atoms with Crippen LogP contribution in [0.25, 0.3) is 0 Å². The van der Waals surface area contributed by atoms with Gasteiger partial charge in [-0.25, -0.2) is 4.39 Å². The minimum Gasteiger partial charge on any atom is -0.387 e. The van der Waals surface area contributed by atoms with E-state index >= 15 is 0 Å². The lowest BCUT2D eigenvalue weighted by molar-refractivity contribution is 0.0842. The van der Waals surface area contributed by atoms with Crippen LogP contribution < -0.4 is 5.32 Å². The normalized spacial score (nSPS) is 24.1. The molecule has 4 heteroatoms. The van der Waals surface area contributed by atoms with Crippen molar-refractivity contribution in [2.24, 2.45) is 0 Å². The van der Waals surface area contributed by atoms with Crippen LogP contribution in [-0.4, -0.2) is 16.7 Å². The molecule has 2 N–H and O–H groups in total. The summed E-state index contributed by atoms with van der Waals surface area (Å²) in [4.78, 5) is 0. The van der Waals surface area contributed by atoms with Crippen LogP contribution in [0.2, 0.25) is 0 Å². The summed E-state index contributed by atoms with van der Waals surface area (Å²) in [6.07, 6.45) is 2.50. The molecule has 18 heavy (non-hydrogen) atoms. The Labute approximate surface area is 114 Å². The Morgan fingerprint density at radius 2 is 2.17 bits per heavy atom. The third-order valence-corrected chi connectivity index (χ3v) is 3.46. The van der Waals surface area contributed by atoms with Crippen LogP contribution in [0.1, 0.15) is 44.8 Å². The first-order valence-electron chi connectivity index (χ1n) is 6.19. The van der Waals surface area contributed by atoms with E-state index in [9.17, 15) is 9.50 Å². The van der Waals surface area contributed by atoms with Crippen molar-refractivity contribution in [1.29, 1.82) is 0 Å². The van der Waals surface area contributed by atoms with E-state index in [1.807, 2.05) is 0 Å². The first-order valence-corrected chi connectivity index (χ1v) is 6.19. The summed E-state index contributed by atoms with van der Waals surface area (Å²) >= 11 is 0. The van der Waals surface area contributed by atoms with Gasteiger partial charge in [0, 0.05) is 11.6 Å². The van der Waals surface area contributed by atoms with Gasteiger partial charge in [0.05, 0.1) is 6.10 Å². The van der Waals surface area contributed by atoms with Crippen molar-refractivity contribution in [3.8, 4) is 0 Å². The van der Waals surface area contributed by atoms with Crippen molar-refractivity contribution < 1.29 is 9.50 Å². The fourth-order valence-electron chi connectivity index (χ4n) is 2.57. The van der Waals surface area contributed by atoms with E-state index in [0.717, 1.165) is 19.3 Å². The monoisotopic (exact) mass is 273 g/mol. The van der Waals surface area contributed by atoms with Gasteiger partial charge in [-0.15, -0.1) is 12.4 Å². The molecule has 0 aliphatic carbocycles. The molecule has 2 nitrogen and oxygen atoms in total. The lowest BCUT2D eigenvalue weighted by atomic mass is 9.85. The molecular formula is C14H21ClFNO. The van der Waals surface area contributed by atoms with Crippen molar-refractivity contribution in [3.05, 3.63) is 35.6 Å². The van der Waals surface area contributed by atoms with E-state index in [4.69, 9.17) is 0 Å². The van der Waals surface area contributed by atoms with Gasteiger partial charge in [-0.3, -0.25) is 0 Å². The van der Waals surface area contributed by atoms with Crippen molar-refractivity contribution in [2.75, 3.05) is 0 Å². The van der Waals surface area contributed by atoms with E-state index in [-0.39, 0.29) is 29.8 Å². The van der Waals surface area contributed by atoms with Crippen LogP contribution >= 0.6 is 12.4 Å². The van der Waals surface area contributed by atoms with E-state index in [1.54, 1.807) is 12.1 Å². The highest BCUT2D eigenvalue weighted by atomic mass is 35.5. The zero-order valence-corrected chi connectivity index (χ0v) is 11.6. The van der Waals surface area contributed by atoms with Gasteiger partial charge in [-0.1, -0.05) is 12.1 Å². The van der Waals surface area contributed by atoms with E-state index < -0.39 is 6.10 Å². The number of halogens is 2. The van der Waals surface area contributed by atoms with Crippen LogP contribution in [-0.2, 0) is 0 Å². The topological polar surface area (TPSA) is 32.3 Å². The van der Waals surface area contributed by atoms with Crippen LogP contribution in [0.5, 0.6) is 0 Å². The minimum atomic E-state index is -0.634. The number of benzene rings is 1. The van der Waals surface area contributed by atoms with Gasteiger partial charge in [0.1, 0.15) is 5.82 Å². The average Bonchev–Trinajstić information content (AvgIpc) is 2.26. The van der Waals surface area contributed by atoms with Gasteiger partial charge in [-0.2, -0.15) is 0 Å². The molecule has 0 unspecified atom stereocenters. The number of piperidine rings is 1. The molecular weight excluding hydrogens is 253 g/mol. The number of hydrogen-bond donors (Lipinski definition) is 2. The molecule has 0 bridgehead atoms. The predicted molar refractivity (Wildman–Crippen MR) is 73.5 cm³/mol. The predicted octanol–water partition coefficient (Wildman–Crippen LogP) is 3.20. The molecule has 2 atom stereocenters. The maximum atomic E-state index is 13.1. The van der Waals surface area contributed by atoms with Gasteiger partial charge < -0.3 is 10.4 Å². The first kappa shape index (κ1) is 15.4. The van der Waals surface area contributed by atoms with Crippen molar-refractivity contribution in [3.63, 3.8) is 0 Å². The Morgan fingerprint density at radius 3 is 2.78 bits per heavy atom. The highest BCUT2D eigenvalue weighted by molar-refractivity contribution is 5.85. The van der Waals surface area contributed by atoms with Gasteiger partial charge in [0.25, 0.3) is 0 Å². The molecule has 1 saturated heterocycles. The van der Waals surface area contributed by atoms with Crippen LogP contribution in [0.15, 0.2) is 24.3 Å². The molecule has 1 aromatic carbocycles. The largest absolute Gasteiger partial charge is 0.387 e. The SMILES string of the molecule is CC1(C)CCC[C@@H]([C@H](O)c2cccc(F)c2)N1.Cl. The molecule has 1 heterocycles. The number of rotatable bonds is 2. The summed E-state index contributed by atoms with van der Waals surface area (Å²) in [5, 5.41) is 13.7. The van der Waals surface area contributed by atoms with Gasteiger partial charge >= 0.3 is 0 Å². The first-order chi connectivity index (χ1) is 7.98. The van der Waals surface area contributed by atoms with Crippen molar-refractivity contribution in [1.82, 2.24) is 5.32 Å². The maximum absolute atomic E-state index is 13.1. The summed E-state index contributed by atoms with van der Waals surface area (Å²) in [5.74, 6) is -0.295. The summed E-state index contributed by atoms with van der Waals surface area (Å²) < 4.78 is 13.1. The number of aliphatic hydroxyl groups excluding tert-OH is 1. The number of hydrogen-bond acceptors (Lipinski definition) is 2. The summed E-state index contributed by atoms with van der Waals surface area (Å²) in [7, 11) is 0. The molecule has 1 aliphatic rings. The highest BCUT2D eigenvalue weighted by Crippen LogP contribution is 2.29. The van der Waals surface area contributed by atoms with Crippen LogP contribution in [0.4, 0.5) is 4.39 Å². The molecule has 0 saturated carbocycles. The molecule has 0 amide bonds. The van der Waals surface area contributed by atoms with Crippen LogP contribution in [0.3, 0.4) is 0 Å². The lowest BCUT2D eigenvalue weighted by Crippen LogP contribution is -2.51. The van der Waals surface area contributed by atoms with E-state index in [2.05, 4.69) is 19.2 Å². The number of nitrogens with one attached hydrogen (secondary N) is 1. The minimum absolute atomic E-state index is 0. The van der Waals surface area contributed by atoms with Crippen molar-refractivity contribution >= 4 is 12.4 Å². The Morgan fingerprint density at radius 1 is 1.44 bits per heavy atom. The molecule has 1 aliphatic heterocycles. The fourth-order valence-corrected chi connectivity index (χ4v) is 2.57. The molecule has 0 spiro atoms. The molecule has 102 valence electrons. The molecule has 0 radical (unpaired) electrons. The smallest absolute Gasteiger partial charge is 0.123 e. The summed E-state index contributed by atoms with van der Waals surface area (Å²) in [6.45, 7) is 4.27. The fraction of sp³-hybridized carbons (Fsp3) is 0.571. The van der Waals surface area contributed by atoms with Gasteiger partial charge in [0.15, 0.2) is 0 Å². The second-order valence-corrected chi connectivity index (χ2v) is 5.53. The quantitative estimate of drug-likeness (QED) is 0.867. The van der Waals surface area contributed by atoms with Crippen molar-refractivity contribution in [2.45, 2.75) is 50.8 Å². The second kappa shape index (κ2) is 6.00. The standard InChI is InChI=1S/C14H20FNO.ClH/c1-14(2)8-4-7-12(16-14)13(17)10-5-3-6-11(15)9-10;/h3,5-6,9,12-13,16-17H,4,7-8H2,1-2H3;1H/t12-,13+;/m0./s1.